The van der Waals surface area contributed by atoms with Gasteiger partial charge in [-0.15, -0.1) is 0 Å². The smallest absolute Gasteiger partial charge is 0.300 e. The van der Waals surface area contributed by atoms with E-state index in [1.807, 2.05) is 38.1 Å². The standard InChI is InChI=1S/C32H36N2O5/c1-6-19-39-27-18-11-23(20-21(27)4)30(35)28-29(22-9-12-24(13-10-22)33(7-2)8-3)34(32(37)31(28)36)25-14-16-26(38-5)17-15-25/h9-18,20,29,35H,6-8,19H2,1-5H3/b30-28-. The predicted molar refractivity (Wildman–Crippen MR) is 155 cm³/mol. The number of nitrogens with zero attached hydrogens (tertiary/aromatic N) is 2. The number of rotatable bonds is 10. The molecule has 0 spiro atoms. The molecule has 7 heteroatoms. The van der Waals surface area contributed by atoms with Crippen molar-refractivity contribution in [3.8, 4) is 11.5 Å². The summed E-state index contributed by atoms with van der Waals surface area (Å²) in [6.45, 7) is 10.4. The molecule has 3 aromatic rings. The predicted octanol–water partition coefficient (Wildman–Crippen LogP) is 6.26. The lowest BCUT2D eigenvalue weighted by atomic mass is 9.94. The number of methoxy groups -OCH3 is 1. The lowest BCUT2D eigenvalue weighted by Gasteiger charge is -2.27. The molecule has 4 rings (SSSR count). The average molecular weight is 529 g/mol. The van der Waals surface area contributed by atoms with Gasteiger partial charge in [-0.1, -0.05) is 19.1 Å². The first kappa shape index (κ1) is 27.8. The van der Waals surface area contributed by atoms with Crippen molar-refractivity contribution >= 4 is 28.8 Å². The molecule has 1 N–H and O–H groups in total. The number of benzene rings is 3. The van der Waals surface area contributed by atoms with Crippen LogP contribution in [-0.4, -0.2) is 43.6 Å². The number of carbonyl (C=O) groups excluding carboxylic acids is 2. The van der Waals surface area contributed by atoms with Crippen LogP contribution in [0, 0.1) is 6.92 Å². The summed E-state index contributed by atoms with van der Waals surface area (Å²) in [6, 6.07) is 19.3. The Morgan fingerprint density at radius 2 is 1.62 bits per heavy atom. The van der Waals surface area contributed by atoms with Gasteiger partial charge in [0.1, 0.15) is 17.3 Å². The highest BCUT2D eigenvalue weighted by molar-refractivity contribution is 6.51. The third-order valence-electron chi connectivity index (χ3n) is 7.04. The number of anilines is 2. The van der Waals surface area contributed by atoms with E-state index in [0.29, 0.717) is 23.6 Å². The van der Waals surface area contributed by atoms with Crippen molar-refractivity contribution in [2.75, 3.05) is 36.6 Å². The van der Waals surface area contributed by atoms with Gasteiger partial charge in [-0.05, 0) is 92.9 Å². The molecule has 39 heavy (non-hydrogen) atoms. The van der Waals surface area contributed by atoms with E-state index in [4.69, 9.17) is 9.47 Å². The second kappa shape index (κ2) is 12.1. The minimum absolute atomic E-state index is 0.0491. The Kier molecular flexibility index (Phi) is 8.59. The summed E-state index contributed by atoms with van der Waals surface area (Å²) in [5.74, 6) is -0.288. The van der Waals surface area contributed by atoms with E-state index in [2.05, 4.69) is 18.7 Å². The monoisotopic (exact) mass is 528 g/mol. The van der Waals surface area contributed by atoms with Crippen LogP contribution in [0.2, 0.25) is 0 Å². The van der Waals surface area contributed by atoms with Crippen molar-refractivity contribution in [2.24, 2.45) is 0 Å². The summed E-state index contributed by atoms with van der Waals surface area (Å²) in [5, 5.41) is 11.5. The van der Waals surface area contributed by atoms with Gasteiger partial charge in [-0.2, -0.15) is 0 Å². The van der Waals surface area contributed by atoms with Crippen LogP contribution in [0.15, 0.2) is 72.3 Å². The lowest BCUT2D eigenvalue weighted by molar-refractivity contribution is -0.132. The SMILES string of the molecule is CCCOc1ccc(/C(O)=C2/C(=O)C(=O)N(c3ccc(OC)cc3)C2c2ccc(N(CC)CC)cc2)cc1C. The molecule has 0 radical (unpaired) electrons. The fourth-order valence-corrected chi connectivity index (χ4v) is 4.94. The number of amides is 1. The van der Waals surface area contributed by atoms with Crippen molar-refractivity contribution in [1.29, 1.82) is 0 Å². The van der Waals surface area contributed by atoms with Gasteiger partial charge < -0.3 is 19.5 Å². The molecule has 204 valence electrons. The van der Waals surface area contributed by atoms with Gasteiger partial charge in [-0.25, -0.2) is 0 Å². The van der Waals surface area contributed by atoms with E-state index >= 15 is 0 Å². The topological polar surface area (TPSA) is 79.3 Å². The Balaban J connectivity index is 1.85. The van der Waals surface area contributed by atoms with Crippen LogP contribution < -0.4 is 19.3 Å². The van der Waals surface area contributed by atoms with Gasteiger partial charge in [-0.3, -0.25) is 14.5 Å². The van der Waals surface area contributed by atoms with Gasteiger partial charge in [0.25, 0.3) is 11.7 Å². The van der Waals surface area contributed by atoms with Crippen molar-refractivity contribution in [3.05, 3.63) is 89.0 Å². The van der Waals surface area contributed by atoms with Crippen molar-refractivity contribution in [2.45, 2.75) is 40.2 Å². The largest absolute Gasteiger partial charge is 0.507 e. The Morgan fingerprint density at radius 3 is 2.18 bits per heavy atom. The van der Waals surface area contributed by atoms with Gasteiger partial charge in [0, 0.05) is 30.0 Å². The highest BCUT2D eigenvalue weighted by Crippen LogP contribution is 2.43. The molecule has 0 aliphatic carbocycles. The molecule has 1 fully saturated rings. The molecule has 1 heterocycles. The third-order valence-corrected chi connectivity index (χ3v) is 7.04. The number of aliphatic hydroxyl groups is 1. The van der Waals surface area contributed by atoms with Crippen molar-refractivity contribution in [3.63, 3.8) is 0 Å². The van der Waals surface area contributed by atoms with Gasteiger partial charge in [0.15, 0.2) is 0 Å². The molecule has 1 aliphatic heterocycles. The van der Waals surface area contributed by atoms with E-state index < -0.39 is 17.7 Å². The summed E-state index contributed by atoms with van der Waals surface area (Å²) in [4.78, 5) is 30.6. The maximum Gasteiger partial charge on any atom is 0.300 e. The quantitative estimate of drug-likeness (QED) is 0.190. The number of ketones is 1. The number of ether oxygens (including phenoxy) is 2. The van der Waals surface area contributed by atoms with Crippen LogP contribution in [0.1, 0.15) is 49.9 Å². The molecule has 1 amide bonds. The number of aryl methyl sites for hydroxylation is 1. The molecule has 0 aromatic heterocycles. The number of carbonyl (C=O) groups is 2. The first-order valence-electron chi connectivity index (χ1n) is 13.4. The van der Waals surface area contributed by atoms with E-state index in [-0.39, 0.29) is 11.3 Å². The Hall–Kier alpha value is -4.26. The second-order valence-electron chi connectivity index (χ2n) is 9.46. The first-order chi connectivity index (χ1) is 18.8. The van der Waals surface area contributed by atoms with E-state index in [1.165, 1.54) is 4.90 Å². The normalized spacial score (nSPS) is 16.4. The highest BCUT2D eigenvalue weighted by atomic mass is 16.5. The molecule has 1 saturated heterocycles. The van der Waals surface area contributed by atoms with E-state index in [1.54, 1.807) is 49.6 Å². The van der Waals surface area contributed by atoms with Gasteiger partial charge >= 0.3 is 0 Å². The fraction of sp³-hybridized carbons (Fsp3) is 0.312. The minimum Gasteiger partial charge on any atom is -0.507 e. The number of aliphatic hydroxyl groups excluding tert-OH is 1. The molecule has 3 aromatic carbocycles. The molecular weight excluding hydrogens is 492 g/mol. The van der Waals surface area contributed by atoms with Crippen LogP contribution >= 0.6 is 0 Å². The Bertz CT molecular complexity index is 1360. The summed E-state index contributed by atoms with van der Waals surface area (Å²) in [6.07, 6.45) is 0.878. The summed E-state index contributed by atoms with van der Waals surface area (Å²) in [5.41, 5.74) is 3.64. The number of hydrogen-bond acceptors (Lipinski definition) is 6. The van der Waals surface area contributed by atoms with E-state index in [0.717, 1.165) is 42.1 Å². The third kappa shape index (κ3) is 5.48. The van der Waals surface area contributed by atoms with Crippen LogP contribution in [0.5, 0.6) is 11.5 Å². The van der Waals surface area contributed by atoms with Crippen molar-refractivity contribution < 1.29 is 24.2 Å². The van der Waals surface area contributed by atoms with Crippen molar-refractivity contribution in [1.82, 2.24) is 0 Å². The lowest BCUT2D eigenvalue weighted by Crippen LogP contribution is -2.29. The molecule has 1 unspecified atom stereocenters. The molecular formula is C32H36N2O5. The van der Waals surface area contributed by atoms with Crippen LogP contribution in [-0.2, 0) is 9.59 Å². The van der Waals surface area contributed by atoms with Crippen LogP contribution in [0.25, 0.3) is 5.76 Å². The zero-order chi connectivity index (χ0) is 28.1. The average Bonchev–Trinajstić information content (AvgIpc) is 3.23. The maximum atomic E-state index is 13.5. The molecule has 1 aliphatic rings. The molecule has 7 nitrogen and oxygen atoms in total. The molecule has 0 bridgehead atoms. The Labute approximate surface area is 230 Å². The summed E-state index contributed by atoms with van der Waals surface area (Å²) < 4.78 is 11.1. The summed E-state index contributed by atoms with van der Waals surface area (Å²) >= 11 is 0. The van der Waals surface area contributed by atoms with Crippen LogP contribution in [0.4, 0.5) is 11.4 Å². The zero-order valence-electron chi connectivity index (χ0n) is 23.2. The van der Waals surface area contributed by atoms with Crippen LogP contribution in [0.3, 0.4) is 0 Å². The number of hydrogen-bond donors (Lipinski definition) is 1. The zero-order valence-corrected chi connectivity index (χ0v) is 23.2. The highest BCUT2D eigenvalue weighted by Gasteiger charge is 2.47. The maximum absolute atomic E-state index is 13.5. The Morgan fingerprint density at radius 1 is 0.949 bits per heavy atom. The fourth-order valence-electron chi connectivity index (χ4n) is 4.94. The van der Waals surface area contributed by atoms with Gasteiger partial charge in [0.2, 0.25) is 0 Å². The number of Topliss-reactive ketones (excluding diaryl/α,β-unsaturated/α-hetero) is 1. The van der Waals surface area contributed by atoms with Gasteiger partial charge in [0.05, 0.1) is 25.3 Å². The van der Waals surface area contributed by atoms with E-state index in [9.17, 15) is 14.7 Å². The first-order valence-corrected chi connectivity index (χ1v) is 13.4. The molecule has 0 saturated carbocycles. The molecule has 1 atom stereocenters. The summed E-state index contributed by atoms with van der Waals surface area (Å²) in [7, 11) is 1.57. The second-order valence-corrected chi connectivity index (χ2v) is 9.46. The minimum atomic E-state index is -0.805.